The van der Waals surface area contributed by atoms with Gasteiger partial charge in [-0.3, -0.25) is 0 Å². The molecule has 0 aliphatic rings. The van der Waals surface area contributed by atoms with Crippen LogP contribution >= 0.6 is 0 Å². The van der Waals surface area contributed by atoms with E-state index >= 15 is 0 Å². The van der Waals surface area contributed by atoms with Crippen molar-refractivity contribution in [3.05, 3.63) is 17.8 Å². The SMILES string of the molecule is Cc1cnnc(N(C)CCCCCO)c1. The molecule has 0 aromatic carbocycles. The highest BCUT2D eigenvalue weighted by molar-refractivity contribution is 5.37. The Morgan fingerprint density at radius 1 is 1.33 bits per heavy atom. The van der Waals surface area contributed by atoms with Gasteiger partial charge in [0.1, 0.15) is 0 Å². The molecule has 0 unspecified atom stereocenters. The van der Waals surface area contributed by atoms with E-state index in [4.69, 9.17) is 5.11 Å². The predicted molar refractivity (Wildman–Crippen MR) is 61.0 cm³/mol. The molecule has 4 nitrogen and oxygen atoms in total. The molecule has 0 aliphatic carbocycles. The quantitative estimate of drug-likeness (QED) is 0.719. The summed E-state index contributed by atoms with van der Waals surface area (Å²) in [5.74, 6) is 0.916. The Balaban J connectivity index is 2.36. The maximum atomic E-state index is 8.65. The van der Waals surface area contributed by atoms with E-state index < -0.39 is 0 Å². The molecule has 0 radical (unpaired) electrons. The summed E-state index contributed by atoms with van der Waals surface area (Å²) in [5, 5.41) is 16.6. The van der Waals surface area contributed by atoms with Crippen LogP contribution < -0.4 is 4.90 Å². The third-order valence-electron chi connectivity index (χ3n) is 2.32. The van der Waals surface area contributed by atoms with Gasteiger partial charge in [0.15, 0.2) is 5.82 Å². The monoisotopic (exact) mass is 209 g/mol. The Bertz CT molecular complexity index is 291. The molecule has 84 valence electrons. The van der Waals surface area contributed by atoms with Crippen LogP contribution in [-0.4, -0.2) is 35.5 Å². The molecule has 0 saturated carbocycles. The van der Waals surface area contributed by atoms with Crippen LogP contribution in [0.15, 0.2) is 12.3 Å². The third-order valence-corrected chi connectivity index (χ3v) is 2.32. The standard InChI is InChI=1S/C11H19N3O/c1-10-8-11(13-12-9-10)14(2)6-4-3-5-7-15/h8-9,15H,3-7H2,1-2H3. The number of aryl methyl sites for hydroxylation is 1. The van der Waals surface area contributed by atoms with Gasteiger partial charge in [0, 0.05) is 20.2 Å². The van der Waals surface area contributed by atoms with Gasteiger partial charge in [-0.1, -0.05) is 0 Å². The molecule has 1 heterocycles. The van der Waals surface area contributed by atoms with Crippen molar-refractivity contribution in [3.8, 4) is 0 Å². The van der Waals surface area contributed by atoms with Crippen molar-refractivity contribution < 1.29 is 5.11 Å². The first-order valence-corrected chi connectivity index (χ1v) is 5.35. The topological polar surface area (TPSA) is 49.2 Å². The molecule has 0 atom stereocenters. The second kappa shape index (κ2) is 6.35. The summed E-state index contributed by atoms with van der Waals surface area (Å²) >= 11 is 0. The Kier molecular flexibility index (Phi) is 5.04. The number of rotatable bonds is 6. The normalized spacial score (nSPS) is 10.3. The first-order valence-electron chi connectivity index (χ1n) is 5.35. The molecule has 1 aromatic heterocycles. The summed E-state index contributed by atoms with van der Waals surface area (Å²) in [4.78, 5) is 2.09. The zero-order valence-electron chi connectivity index (χ0n) is 9.48. The molecule has 1 rings (SSSR count). The fourth-order valence-corrected chi connectivity index (χ4v) is 1.39. The van der Waals surface area contributed by atoms with E-state index in [0.29, 0.717) is 0 Å². The minimum absolute atomic E-state index is 0.286. The number of aliphatic hydroxyl groups excluding tert-OH is 1. The van der Waals surface area contributed by atoms with Crippen molar-refractivity contribution in [1.29, 1.82) is 0 Å². The van der Waals surface area contributed by atoms with Gasteiger partial charge in [0.05, 0.1) is 6.20 Å². The van der Waals surface area contributed by atoms with Gasteiger partial charge in [-0.2, -0.15) is 5.10 Å². The van der Waals surface area contributed by atoms with E-state index in [1.54, 1.807) is 6.20 Å². The van der Waals surface area contributed by atoms with E-state index in [-0.39, 0.29) is 6.61 Å². The van der Waals surface area contributed by atoms with Gasteiger partial charge >= 0.3 is 0 Å². The third kappa shape index (κ3) is 4.25. The van der Waals surface area contributed by atoms with Crippen LogP contribution in [0.25, 0.3) is 0 Å². The number of anilines is 1. The second-order valence-corrected chi connectivity index (χ2v) is 3.80. The van der Waals surface area contributed by atoms with Crippen molar-refractivity contribution in [2.45, 2.75) is 26.2 Å². The average Bonchev–Trinajstić information content (AvgIpc) is 2.24. The highest BCUT2D eigenvalue weighted by atomic mass is 16.2. The molecule has 1 aromatic rings. The van der Waals surface area contributed by atoms with E-state index in [0.717, 1.165) is 37.2 Å². The molecule has 15 heavy (non-hydrogen) atoms. The van der Waals surface area contributed by atoms with Crippen molar-refractivity contribution in [1.82, 2.24) is 10.2 Å². The molecular formula is C11H19N3O. The lowest BCUT2D eigenvalue weighted by Gasteiger charge is -2.17. The number of unbranched alkanes of at least 4 members (excludes halogenated alkanes) is 2. The maximum absolute atomic E-state index is 8.65. The van der Waals surface area contributed by atoms with E-state index in [9.17, 15) is 0 Å². The first kappa shape index (κ1) is 11.9. The molecule has 4 heteroatoms. The number of aromatic nitrogens is 2. The van der Waals surface area contributed by atoms with Crippen LogP contribution in [0.3, 0.4) is 0 Å². The zero-order valence-corrected chi connectivity index (χ0v) is 9.48. The zero-order chi connectivity index (χ0) is 11.1. The summed E-state index contributed by atoms with van der Waals surface area (Å²) < 4.78 is 0. The van der Waals surface area contributed by atoms with Crippen LogP contribution in [0.5, 0.6) is 0 Å². The van der Waals surface area contributed by atoms with Crippen LogP contribution in [0, 0.1) is 6.92 Å². The maximum Gasteiger partial charge on any atom is 0.151 e. The van der Waals surface area contributed by atoms with Crippen LogP contribution in [0.1, 0.15) is 24.8 Å². The summed E-state index contributed by atoms with van der Waals surface area (Å²) in [6, 6.07) is 2.03. The number of hydrogen-bond acceptors (Lipinski definition) is 4. The van der Waals surface area contributed by atoms with Crippen molar-refractivity contribution in [2.75, 3.05) is 25.1 Å². The fraction of sp³-hybridized carbons (Fsp3) is 0.636. The van der Waals surface area contributed by atoms with Gasteiger partial charge in [0.25, 0.3) is 0 Å². The van der Waals surface area contributed by atoms with Crippen molar-refractivity contribution >= 4 is 5.82 Å². The van der Waals surface area contributed by atoms with E-state index in [2.05, 4.69) is 15.1 Å². The van der Waals surface area contributed by atoms with Gasteiger partial charge in [-0.15, -0.1) is 5.10 Å². The molecule has 0 amide bonds. The molecule has 0 spiro atoms. The predicted octanol–water partition coefficient (Wildman–Crippen LogP) is 1.38. The van der Waals surface area contributed by atoms with Gasteiger partial charge in [-0.25, -0.2) is 0 Å². The van der Waals surface area contributed by atoms with Gasteiger partial charge in [-0.05, 0) is 37.8 Å². The number of nitrogens with zero attached hydrogens (tertiary/aromatic N) is 3. The molecule has 0 saturated heterocycles. The highest BCUT2D eigenvalue weighted by Crippen LogP contribution is 2.09. The lowest BCUT2D eigenvalue weighted by Crippen LogP contribution is -2.20. The molecule has 0 bridgehead atoms. The molecule has 0 aliphatic heterocycles. The summed E-state index contributed by atoms with van der Waals surface area (Å²) in [5.41, 5.74) is 1.13. The Hall–Kier alpha value is -1.16. The summed E-state index contributed by atoms with van der Waals surface area (Å²) in [6.07, 6.45) is 4.77. The van der Waals surface area contributed by atoms with Crippen molar-refractivity contribution in [2.24, 2.45) is 0 Å². The molecule has 1 N–H and O–H groups in total. The lowest BCUT2D eigenvalue weighted by atomic mass is 10.2. The minimum Gasteiger partial charge on any atom is -0.396 e. The Labute approximate surface area is 90.9 Å². The van der Waals surface area contributed by atoms with Crippen molar-refractivity contribution in [3.63, 3.8) is 0 Å². The smallest absolute Gasteiger partial charge is 0.151 e. The fourth-order valence-electron chi connectivity index (χ4n) is 1.39. The number of aliphatic hydroxyl groups is 1. The second-order valence-electron chi connectivity index (χ2n) is 3.80. The minimum atomic E-state index is 0.286. The van der Waals surface area contributed by atoms with Gasteiger partial charge < -0.3 is 10.0 Å². The first-order chi connectivity index (χ1) is 7.24. The van der Waals surface area contributed by atoms with Crippen LogP contribution in [-0.2, 0) is 0 Å². The highest BCUT2D eigenvalue weighted by Gasteiger charge is 2.02. The molecular weight excluding hydrogens is 190 g/mol. The largest absolute Gasteiger partial charge is 0.396 e. The summed E-state index contributed by atoms with van der Waals surface area (Å²) in [7, 11) is 2.02. The van der Waals surface area contributed by atoms with E-state index in [1.807, 2.05) is 20.0 Å². The summed E-state index contributed by atoms with van der Waals surface area (Å²) in [6.45, 7) is 3.25. The Morgan fingerprint density at radius 2 is 2.13 bits per heavy atom. The average molecular weight is 209 g/mol. The number of hydrogen-bond donors (Lipinski definition) is 1. The van der Waals surface area contributed by atoms with Crippen LogP contribution in [0.4, 0.5) is 5.82 Å². The Morgan fingerprint density at radius 3 is 2.80 bits per heavy atom. The van der Waals surface area contributed by atoms with Gasteiger partial charge in [0.2, 0.25) is 0 Å². The lowest BCUT2D eigenvalue weighted by molar-refractivity contribution is 0.283. The molecule has 0 fully saturated rings. The van der Waals surface area contributed by atoms with E-state index in [1.165, 1.54) is 0 Å². The van der Waals surface area contributed by atoms with Crippen LogP contribution in [0.2, 0.25) is 0 Å².